The lowest BCUT2D eigenvalue weighted by Crippen LogP contribution is -2.51. The van der Waals surface area contributed by atoms with E-state index in [1.807, 2.05) is 0 Å². The van der Waals surface area contributed by atoms with E-state index in [1.165, 1.54) is 0 Å². The number of aliphatic hydroxyl groups is 1. The smallest absolute Gasteiger partial charge is 0.366 e. The highest BCUT2D eigenvalue weighted by Crippen LogP contribution is 2.47. The van der Waals surface area contributed by atoms with Gasteiger partial charge in [-0.3, -0.25) is 5.21 Å². The summed E-state index contributed by atoms with van der Waals surface area (Å²) < 4.78 is 5.11. The fourth-order valence-corrected chi connectivity index (χ4v) is 2.41. The van der Waals surface area contributed by atoms with Gasteiger partial charge in [0.2, 0.25) is 0 Å². The second kappa shape index (κ2) is 3.83. The number of benzene rings is 1. The zero-order valence-electron chi connectivity index (χ0n) is 8.98. The van der Waals surface area contributed by atoms with Crippen molar-refractivity contribution in [1.29, 1.82) is 0 Å². The molecule has 0 saturated carbocycles. The number of carbonyl (C=O) groups is 1. The first-order valence-electron chi connectivity index (χ1n) is 4.72. The highest BCUT2D eigenvalue weighted by Gasteiger charge is 2.53. The Hall–Kier alpha value is -1.37. The van der Waals surface area contributed by atoms with Crippen LogP contribution in [0.2, 0.25) is 0 Å². The van der Waals surface area contributed by atoms with Crippen molar-refractivity contribution >= 4 is 33.2 Å². The van der Waals surface area contributed by atoms with Crippen molar-refractivity contribution in [3.05, 3.63) is 34.8 Å². The van der Waals surface area contributed by atoms with Gasteiger partial charge < -0.3 is 9.84 Å². The lowest BCUT2D eigenvalue weighted by Gasteiger charge is -2.27. The molecule has 1 unspecified atom stereocenters. The van der Waals surface area contributed by atoms with Gasteiger partial charge in [-0.2, -0.15) is 0 Å². The van der Waals surface area contributed by atoms with E-state index in [-0.39, 0.29) is 11.3 Å². The minimum absolute atomic E-state index is 0.0642. The van der Waals surface area contributed by atoms with Crippen molar-refractivity contribution in [3.8, 4) is 0 Å². The SMILES string of the molecule is C=C1c2c(Br)cccc2N(O)C1(O)C(=O)OC. The number of ether oxygens (including phenoxy) is 1. The quantitative estimate of drug-likeness (QED) is 0.770. The molecule has 0 bridgehead atoms. The number of nitrogens with zero attached hydrogens (tertiary/aromatic N) is 1. The molecule has 1 atom stereocenters. The van der Waals surface area contributed by atoms with E-state index in [0.29, 0.717) is 15.1 Å². The van der Waals surface area contributed by atoms with Crippen LogP contribution in [0.15, 0.2) is 29.3 Å². The number of hydrogen-bond acceptors (Lipinski definition) is 5. The van der Waals surface area contributed by atoms with Crippen molar-refractivity contribution in [2.75, 3.05) is 12.2 Å². The van der Waals surface area contributed by atoms with Crippen molar-refractivity contribution in [1.82, 2.24) is 0 Å². The summed E-state index contributed by atoms with van der Waals surface area (Å²) in [5.41, 5.74) is -1.45. The molecule has 1 aliphatic rings. The molecule has 0 aliphatic carbocycles. The van der Waals surface area contributed by atoms with E-state index in [9.17, 15) is 15.1 Å². The standard InChI is InChI=1S/C11H10BrNO4/c1-6-9-7(12)4-3-5-8(9)13(16)11(6,15)10(14)17-2/h3-5,15-16H,1H2,2H3. The Bertz CT molecular complexity index is 516. The van der Waals surface area contributed by atoms with Gasteiger partial charge in [-0.1, -0.05) is 28.6 Å². The first-order chi connectivity index (χ1) is 7.94. The molecule has 1 aromatic carbocycles. The van der Waals surface area contributed by atoms with Gasteiger partial charge in [-0.25, -0.2) is 9.86 Å². The number of fused-ring (bicyclic) bond motifs is 1. The third kappa shape index (κ3) is 1.41. The second-order valence-electron chi connectivity index (χ2n) is 3.59. The molecule has 2 rings (SSSR count). The molecule has 2 N–H and O–H groups in total. The van der Waals surface area contributed by atoms with Crippen molar-refractivity contribution in [2.45, 2.75) is 5.72 Å². The normalized spacial score (nSPS) is 22.6. The van der Waals surface area contributed by atoms with Gasteiger partial charge in [0.1, 0.15) is 0 Å². The molecular formula is C11H10BrNO4. The van der Waals surface area contributed by atoms with Crippen LogP contribution in [-0.2, 0) is 9.53 Å². The van der Waals surface area contributed by atoms with Crippen molar-refractivity contribution in [3.63, 3.8) is 0 Å². The number of rotatable bonds is 1. The Morgan fingerprint density at radius 1 is 1.59 bits per heavy atom. The molecule has 1 heterocycles. The number of esters is 1. The van der Waals surface area contributed by atoms with Gasteiger partial charge >= 0.3 is 5.97 Å². The summed E-state index contributed by atoms with van der Waals surface area (Å²) in [4.78, 5) is 11.6. The Labute approximate surface area is 106 Å². The van der Waals surface area contributed by atoms with E-state index < -0.39 is 11.7 Å². The Morgan fingerprint density at radius 3 is 2.76 bits per heavy atom. The molecule has 1 aliphatic heterocycles. The van der Waals surface area contributed by atoms with Crippen LogP contribution in [0.4, 0.5) is 5.69 Å². The molecule has 0 aromatic heterocycles. The fourth-order valence-electron chi connectivity index (χ4n) is 1.82. The summed E-state index contributed by atoms with van der Waals surface area (Å²) in [5.74, 6) is -0.992. The van der Waals surface area contributed by atoms with E-state index >= 15 is 0 Å². The number of halogens is 1. The Balaban J connectivity index is 2.64. The number of methoxy groups -OCH3 is 1. The molecule has 1 aromatic rings. The predicted octanol–water partition coefficient (Wildman–Crippen LogP) is 1.53. The summed E-state index contributed by atoms with van der Waals surface area (Å²) >= 11 is 3.28. The van der Waals surface area contributed by atoms with Crippen LogP contribution in [-0.4, -0.2) is 29.1 Å². The van der Waals surface area contributed by atoms with E-state index in [0.717, 1.165) is 7.11 Å². The molecule has 5 nitrogen and oxygen atoms in total. The van der Waals surface area contributed by atoms with Crippen molar-refractivity contribution in [2.24, 2.45) is 0 Å². The van der Waals surface area contributed by atoms with Crippen LogP contribution in [0, 0.1) is 0 Å². The van der Waals surface area contributed by atoms with Crippen LogP contribution in [0.3, 0.4) is 0 Å². The van der Waals surface area contributed by atoms with Gasteiger partial charge in [0.25, 0.3) is 5.72 Å². The molecule has 0 spiro atoms. The summed E-state index contributed by atoms with van der Waals surface area (Å²) in [6.45, 7) is 3.65. The summed E-state index contributed by atoms with van der Waals surface area (Å²) in [6, 6.07) is 4.95. The zero-order valence-corrected chi connectivity index (χ0v) is 10.6. The molecule has 0 fully saturated rings. The number of hydroxylamine groups is 1. The van der Waals surface area contributed by atoms with Gasteiger partial charge in [0, 0.05) is 15.6 Å². The Morgan fingerprint density at radius 2 is 2.24 bits per heavy atom. The summed E-state index contributed by atoms with van der Waals surface area (Å²) in [7, 11) is 1.12. The third-order valence-electron chi connectivity index (χ3n) is 2.72. The largest absolute Gasteiger partial charge is 0.465 e. The summed E-state index contributed by atoms with van der Waals surface area (Å²) in [5, 5.41) is 20.6. The maximum Gasteiger partial charge on any atom is 0.366 e. The average Bonchev–Trinajstić information content (AvgIpc) is 2.53. The van der Waals surface area contributed by atoms with Crippen molar-refractivity contribution < 1.29 is 19.8 Å². The third-order valence-corrected chi connectivity index (χ3v) is 3.38. The van der Waals surface area contributed by atoms with Gasteiger partial charge in [-0.05, 0) is 12.1 Å². The highest BCUT2D eigenvalue weighted by atomic mass is 79.9. The van der Waals surface area contributed by atoms with Crippen LogP contribution >= 0.6 is 15.9 Å². The molecule has 6 heteroatoms. The number of carbonyl (C=O) groups excluding carboxylic acids is 1. The van der Waals surface area contributed by atoms with Crippen LogP contribution < -0.4 is 5.06 Å². The molecule has 0 saturated heterocycles. The lowest BCUT2D eigenvalue weighted by atomic mass is 10.0. The number of anilines is 1. The van der Waals surface area contributed by atoms with Crippen LogP contribution in [0.5, 0.6) is 0 Å². The zero-order chi connectivity index (χ0) is 12.8. The van der Waals surface area contributed by atoms with Crippen LogP contribution in [0.1, 0.15) is 5.56 Å². The van der Waals surface area contributed by atoms with E-state index in [2.05, 4.69) is 27.2 Å². The van der Waals surface area contributed by atoms with Crippen LogP contribution in [0.25, 0.3) is 5.57 Å². The lowest BCUT2D eigenvalue weighted by molar-refractivity contribution is -0.160. The second-order valence-corrected chi connectivity index (χ2v) is 4.44. The van der Waals surface area contributed by atoms with E-state index in [1.54, 1.807) is 18.2 Å². The minimum atomic E-state index is -2.28. The van der Waals surface area contributed by atoms with Gasteiger partial charge in [0.05, 0.1) is 12.8 Å². The molecule has 90 valence electrons. The predicted molar refractivity (Wildman–Crippen MR) is 64.4 cm³/mol. The highest BCUT2D eigenvalue weighted by molar-refractivity contribution is 9.10. The summed E-state index contributed by atoms with van der Waals surface area (Å²) in [6.07, 6.45) is 0. The maximum absolute atomic E-state index is 11.6. The monoisotopic (exact) mass is 299 g/mol. The van der Waals surface area contributed by atoms with Gasteiger partial charge in [0.15, 0.2) is 0 Å². The average molecular weight is 300 g/mol. The van der Waals surface area contributed by atoms with E-state index in [4.69, 9.17) is 0 Å². The molecule has 0 radical (unpaired) electrons. The Kier molecular flexibility index (Phi) is 2.73. The minimum Gasteiger partial charge on any atom is -0.465 e. The fraction of sp³-hybridized carbons (Fsp3) is 0.182. The first kappa shape index (κ1) is 12.1. The maximum atomic E-state index is 11.6. The topological polar surface area (TPSA) is 70.0 Å². The molecular weight excluding hydrogens is 290 g/mol. The molecule has 17 heavy (non-hydrogen) atoms. The first-order valence-corrected chi connectivity index (χ1v) is 5.52. The van der Waals surface area contributed by atoms with Gasteiger partial charge in [-0.15, -0.1) is 0 Å². The number of hydrogen-bond donors (Lipinski definition) is 2. The molecule has 0 amide bonds.